The van der Waals surface area contributed by atoms with Gasteiger partial charge in [-0.15, -0.1) is 12.4 Å². The molecule has 2 aliphatic rings. The van der Waals surface area contributed by atoms with Crippen molar-refractivity contribution in [1.82, 2.24) is 9.97 Å². The Labute approximate surface area is 167 Å². The molecule has 0 bridgehead atoms. The third-order valence-electron chi connectivity index (χ3n) is 5.46. The van der Waals surface area contributed by atoms with Gasteiger partial charge < -0.3 is 4.42 Å². The second kappa shape index (κ2) is 7.60. The van der Waals surface area contributed by atoms with E-state index in [-0.39, 0.29) is 18.3 Å². The summed E-state index contributed by atoms with van der Waals surface area (Å²) >= 11 is 0. The summed E-state index contributed by atoms with van der Waals surface area (Å²) in [5.41, 5.74) is 2.17. The van der Waals surface area contributed by atoms with Crippen LogP contribution in [0.4, 0.5) is 4.39 Å². The highest BCUT2D eigenvalue weighted by Gasteiger charge is 2.34. The predicted octanol–water partition coefficient (Wildman–Crippen LogP) is 4.39. The van der Waals surface area contributed by atoms with Crippen molar-refractivity contribution < 1.29 is 13.0 Å². The van der Waals surface area contributed by atoms with Crippen LogP contribution in [0.25, 0.3) is 11.5 Å². The molecule has 2 aromatic rings. The minimum Gasteiger partial charge on any atom is -0.441 e. The van der Waals surface area contributed by atoms with Crippen molar-refractivity contribution in [3.8, 4) is 11.5 Å². The number of aryl methyl sites for hydroxylation is 1. The number of hydrogen-bond acceptors (Lipinski definition) is 4. The number of nitrogens with zero attached hydrogens (tertiary/aromatic N) is 2. The quantitative estimate of drug-likeness (QED) is 0.788. The van der Waals surface area contributed by atoms with Crippen LogP contribution in [0.1, 0.15) is 74.9 Å². The van der Waals surface area contributed by atoms with E-state index in [0.717, 1.165) is 49.3 Å². The van der Waals surface area contributed by atoms with E-state index in [0.29, 0.717) is 23.8 Å². The lowest BCUT2D eigenvalue weighted by Gasteiger charge is -2.28. The highest BCUT2D eigenvalue weighted by Crippen LogP contribution is 2.42. The SMILES string of the molecule is CC(C)(C[C@@H]1CCCc2oc(-c3cc(C4CC4)ncc3F)nc21)S(N)=O.Cl. The zero-order valence-corrected chi connectivity index (χ0v) is 17.2. The molecular weight excluding hydrogens is 389 g/mol. The first-order chi connectivity index (χ1) is 12.3. The fourth-order valence-corrected chi connectivity index (χ4v) is 4.08. The van der Waals surface area contributed by atoms with E-state index in [1.807, 2.05) is 13.8 Å². The molecule has 1 saturated carbocycles. The summed E-state index contributed by atoms with van der Waals surface area (Å²) in [5, 5.41) is 5.65. The lowest BCUT2D eigenvalue weighted by Crippen LogP contribution is -2.34. The normalized spacial score (nSPS) is 20.7. The molecule has 0 aliphatic heterocycles. The molecule has 0 radical (unpaired) electrons. The first-order valence-corrected chi connectivity index (χ1v) is 10.4. The summed E-state index contributed by atoms with van der Waals surface area (Å²) in [4.78, 5) is 8.85. The Morgan fingerprint density at radius 3 is 2.78 bits per heavy atom. The van der Waals surface area contributed by atoms with Crippen LogP contribution in [0.15, 0.2) is 16.7 Å². The topological polar surface area (TPSA) is 82.0 Å². The van der Waals surface area contributed by atoms with Crippen LogP contribution < -0.4 is 5.14 Å². The molecule has 0 spiro atoms. The van der Waals surface area contributed by atoms with Crippen LogP contribution in [0, 0.1) is 5.82 Å². The molecular formula is C19H25ClFN3O2S. The molecule has 2 aliphatic carbocycles. The third-order valence-corrected chi connectivity index (χ3v) is 6.71. The Morgan fingerprint density at radius 1 is 1.37 bits per heavy atom. The van der Waals surface area contributed by atoms with E-state index >= 15 is 0 Å². The fourth-order valence-electron chi connectivity index (χ4n) is 3.72. The maximum Gasteiger partial charge on any atom is 0.229 e. The smallest absolute Gasteiger partial charge is 0.229 e. The van der Waals surface area contributed by atoms with Crippen molar-refractivity contribution in [3.05, 3.63) is 35.2 Å². The van der Waals surface area contributed by atoms with Gasteiger partial charge in [-0.3, -0.25) is 10.1 Å². The minimum atomic E-state index is -1.42. The summed E-state index contributed by atoms with van der Waals surface area (Å²) < 4.78 is 31.6. The number of rotatable bonds is 5. The molecule has 1 fully saturated rings. The summed E-state index contributed by atoms with van der Waals surface area (Å²) in [6.45, 7) is 3.81. The van der Waals surface area contributed by atoms with Crippen molar-refractivity contribution in [2.24, 2.45) is 5.14 Å². The maximum atomic E-state index is 14.4. The average molecular weight is 414 g/mol. The number of oxazole rings is 1. The minimum absolute atomic E-state index is 0. The van der Waals surface area contributed by atoms with Crippen molar-refractivity contribution in [1.29, 1.82) is 0 Å². The molecule has 0 amide bonds. The average Bonchev–Trinajstić information content (AvgIpc) is 3.34. The van der Waals surface area contributed by atoms with Crippen molar-refractivity contribution in [2.45, 2.75) is 69.0 Å². The lowest BCUT2D eigenvalue weighted by atomic mass is 9.84. The second-order valence-electron chi connectivity index (χ2n) is 8.04. The fraction of sp³-hybridized carbons (Fsp3) is 0.579. The Hall–Kier alpha value is -1.31. The second-order valence-corrected chi connectivity index (χ2v) is 9.74. The molecule has 8 heteroatoms. The third kappa shape index (κ3) is 4.10. The van der Waals surface area contributed by atoms with Crippen molar-refractivity contribution in [2.75, 3.05) is 0 Å². The van der Waals surface area contributed by atoms with Gasteiger partial charge in [0, 0.05) is 24.0 Å². The molecule has 2 heterocycles. The number of aromatic nitrogens is 2. The standard InChI is InChI=1S/C19H24FN3O2S.ClH/c1-19(2,26(21)24)9-12-4-3-5-16-17(12)23-18(25-16)13-8-15(11-6-7-11)22-10-14(13)20;/h8,10-12H,3-7,9,21H2,1-2H3;1H/t12-,26?;/m0./s1. The van der Waals surface area contributed by atoms with Gasteiger partial charge in [-0.1, -0.05) is 0 Å². The Morgan fingerprint density at radius 2 is 2.11 bits per heavy atom. The van der Waals surface area contributed by atoms with Crippen LogP contribution in [0.5, 0.6) is 0 Å². The molecule has 4 rings (SSSR count). The molecule has 0 aromatic carbocycles. The van der Waals surface area contributed by atoms with Crippen LogP contribution in [-0.4, -0.2) is 18.9 Å². The lowest BCUT2D eigenvalue weighted by molar-refractivity contribution is 0.419. The predicted molar refractivity (Wildman–Crippen MR) is 106 cm³/mol. The van der Waals surface area contributed by atoms with Crippen molar-refractivity contribution >= 4 is 23.4 Å². The van der Waals surface area contributed by atoms with E-state index in [2.05, 4.69) is 9.97 Å². The summed E-state index contributed by atoms with van der Waals surface area (Å²) in [5.74, 6) is 1.31. The highest BCUT2D eigenvalue weighted by molar-refractivity contribution is 7.84. The van der Waals surface area contributed by atoms with Gasteiger partial charge in [0.25, 0.3) is 0 Å². The van der Waals surface area contributed by atoms with E-state index in [4.69, 9.17) is 9.56 Å². The van der Waals surface area contributed by atoms with Crippen LogP contribution in [0.3, 0.4) is 0 Å². The number of nitrogens with two attached hydrogens (primary N) is 1. The molecule has 2 N–H and O–H groups in total. The summed E-state index contributed by atoms with van der Waals surface area (Å²) in [7, 11) is -1.42. The first kappa shape index (κ1) is 20.4. The molecule has 1 unspecified atom stereocenters. The first-order valence-electron chi connectivity index (χ1n) is 9.17. The van der Waals surface area contributed by atoms with Crippen LogP contribution >= 0.6 is 12.4 Å². The van der Waals surface area contributed by atoms with E-state index in [9.17, 15) is 8.60 Å². The number of pyridine rings is 1. The zero-order chi connectivity index (χ0) is 18.5. The van der Waals surface area contributed by atoms with Gasteiger partial charge in [0.1, 0.15) is 5.76 Å². The Balaban J connectivity index is 0.00000210. The van der Waals surface area contributed by atoms with Gasteiger partial charge in [-0.25, -0.2) is 13.6 Å². The van der Waals surface area contributed by atoms with Crippen molar-refractivity contribution in [3.63, 3.8) is 0 Å². The van der Waals surface area contributed by atoms with E-state index in [1.54, 1.807) is 6.07 Å². The number of hydrogen-bond donors (Lipinski definition) is 1. The Kier molecular flexibility index (Phi) is 5.75. The van der Waals surface area contributed by atoms with Gasteiger partial charge in [-0.05, 0) is 52.0 Å². The largest absolute Gasteiger partial charge is 0.441 e. The summed E-state index contributed by atoms with van der Waals surface area (Å²) in [6.07, 6.45) is 6.87. The Bertz CT molecular complexity index is 867. The summed E-state index contributed by atoms with van der Waals surface area (Å²) in [6, 6.07) is 1.78. The molecule has 148 valence electrons. The molecule has 0 saturated heterocycles. The van der Waals surface area contributed by atoms with Crippen LogP contribution in [0.2, 0.25) is 0 Å². The van der Waals surface area contributed by atoms with E-state index in [1.165, 1.54) is 6.20 Å². The van der Waals surface area contributed by atoms with Crippen LogP contribution in [-0.2, 0) is 17.4 Å². The van der Waals surface area contributed by atoms with Gasteiger partial charge in [0.2, 0.25) is 5.89 Å². The van der Waals surface area contributed by atoms with Gasteiger partial charge in [0.15, 0.2) is 5.82 Å². The monoisotopic (exact) mass is 413 g/mol. The van der Waals surface area contributed by atoms with Gasteiger partial charge in [-0.2, -0.15) is 0 Å². The highest BCUT2D eigenvalue weighted by atomic mass is 35.5. The molecule has 27 heavy (non-hydrogen) atoms. The number of fused-ring (bicyclic) bond motifs is 1. The molecule has 2 atom stereocenters. The number of halogens is 2. The molecule has 5 nitrogen and oxygen atoms in total. The van der Waals surface area contributed by atoms with Gasteiger partial charge >= 0.3 is 0 Å². The maximum absolute atomic E-state index is 14.4. The zero-order valence-electron chi connectivity index (χ0n) is 15.5. The van der Waals surface area contributed by atoms with E-state index < -0.39 is 21.5 Å². The van der Waals surface area contributed by atoms with Gasteiger partial charge in [0.05, 0.1) is 33.2 Å². The molecule has 2 aromatic heterocycles.